The maximum atomic E-state index is 12.3. The highest BCUT2D eigenvalue weighted by molar-refractivity contribution is 5.74. The van der Waals surface area contributed by atoms with E-state index in [-0.39, 0.29) is 52.5 Å². The smallest absolute Gasteiger partial charge is 0.336 e. The van der Waals surface area contributed by atoms with E-state index < -0.39 is 30.3 Å². The predicted octanol–water partition coefficient (Wildman–Crippen LogP) is -3.57. The first kappa shape index (κ1) is 20.8. The number of urea groups is 1. The van der Waals surface area contributed by atoms with Crippen LogP contribution in [0.15, 0.2) is 14.4 Å². The second-order valence-electron chi connectivity index (χ2n) is 5.77. The number of aliphatic hydroxyl groups is 2. The Kier molecular flexibility index (Phi) is 7.29. The molecule has 1 aromatic rings. The minimum Gasteiger partial charge on any atom is -0.395 e. The summed E-state index contributed by atoms with van der Waals surface area (Å²) < 4.78 is 12.7. The Morgan fingerprint density at radius 1 is 0.889 bits per heavy atom. The van der Waals surface area contributed by atoms with E-state index in [1.54, 1.807) is 7.05 Å². The Balaban J connectivity index is 2.11. The van der Waals surface area contributed by atoms with Gasteiger partial charge in [0, 0.05) is 7.05 Å². The Morgan fingerprint density at radius 2 is 1.41 bits per heavy atom. The first-order valence-corrected chi connectivity index (χ1v) is 8.24. The molecule has 0 spiro atoms. The van der Waals surface area contributed by atoms with E-state index in [0.717, 1.165) is 4.57 Å². The lowest BCUT2D eigenvalue weighted by Crippen LogP contribution is -2.55. The minimum atomic E-state index is -0.899. The number of amides is 2. The monoisotopic (exact) mass is 389 g/mol. The van der Waals surface area contributed by atoms with E-state index in [1.165, 1.54) is 9.80 Å². The van der Waals surface area contributed by atoms with Crippen molar-refractivity contribution in [2.45, 2.75) is 19.6 Å². The fraction of sp³-hybridized carbons (Fsp3) is 0.714. The van der Waals surface area contributed by atoms with E-state index in [9.17, 15) is 19.2 Å². The number of rotatable bonds is 9. The molecule has 13 heteroatoms. The largest absolute Gasteiger partial charge is 0.395 e. The van der Waals surface area contributed by atoms with Crippen molar-refractivity contribution in [2.75, 3.05) is 47.1 Å². The lowest BCUT2D eigenvalue weighted by molar-refractivity contribution is -0.0821. The maximum Gasteiger partial charge on any atom is 0.336 e. The van der Waals surface area contributed by atoms with Gasteiger partial charge in [-0.3, -0.25) is 4.90 Å². The van der Waals surface area contributed by atoms with Gasteiger partial charge in [0.2, 0.25) is 0 Å². The fourth-order valence-corrected chi connectivity index (χ4v) is 2.52. The van der Waals surface area contributed by atoms with Crippen LogP contribution in [0, 0.1) is 0 Å². The summed E-state index contributed by atoms with van der Waals surface area (Å²) in [5.41, 5.74) is -2.66. The van der Waals surface area contributed by atoms with Crippen molar-refractivity contribution in [3.63, 3.8) is 0 Å². The van der Waals surface area contributed by atoms with E-state index in [1.807, 2.05) is 0 Å². The summed E-state index contributed by atoms with van der Waals surface area (Å²) in [6.07, 6.45) is 0. The summed E-state index contributed by atoms with van der Waals surface area (Å²) in [6, 6.07) is -0.278. The molecule has 0 unspecified atom stereocenters. The molecule has 27 heavy (non-hydrogen) atoms. The molecule has 2 amide bonds. The molecule has 1 aromatic heterocycles. The van der Waals surface area contributed by atoms with Gasteiger partial charge >= 0.3 is 23.1 Å². The van der Waals surface area contributed by atoms with Crippen LogP contribution in [0.5, 0.6) is 0 Å². The van der Waals surface area contributed by atoms with E-state index in [2.05, 4.69) is 0 Å². The van der Waals surface area contributed by atoms with Crippen LogP contribution in [0.4, 0.5) is 4.79 Å². The number of aliphatic hydroxyl groups excluding tert-OH is 2. The molecule has 0 aromatic carbocycles. The number of ether oxygens (including phenoxy) is 2. The van der Waals surface area contributed by atoms with Crippen LogP contribution in [-0.4, -0.2) is 86.8 Å². The first-order valence-electron chi connectivity index (χ1n) is 8.24. The molecule has 152 valence electrons. The summed E-state index contributed by atoms with van der Waals surface area (Å²) in [5, 5.41) is 18.1. The first-order chi connectivity index (χ1) is 12.9. The Hall–Kier alpha value is -2.48. The van der Waals surface area contributed by atoms with Gasteiger partial charge in [0.15, 0.2) is 0 Å². The van der Waals surface area contributed by atoms with Crippen molar-refractivity contribution in [1.29, 1.82) is 0 Å². The number of carbonyl (C=O) groups is 1. The zero-order valence-electron chi connectivity index (χ0n) is 14.9. The second kappa shape index (κ2) is 9.45. The van der Waals surface area contributed by atoms with Crippen LogP contribution in [-0.2, 0) is 29.1 Å². The van der Waals surface area contributed by atoms with E-state index in [4.69, 9.17) is 19.7 Å². The van der Waals surface area contributed by atoms with Crippen molar-refractivity contribution in [2.24, 2.45) is 0 Å². The van der Waals surface area contributed by atoms with E-state index >= 15 is 0 Å². The predicted molar refractivity (Wildman–Crippen MR) is 90.0 cm³/mol. The summed E-state index contributed by atoms with van der Waals surface area (Å²) in [4.78, 5) is 51.3. The molecule has 1 saturated heterocycles. The maximum absolute atomic E-state index is 12.3. The highest BCUT2D eigenvalue weighted by Gasteiger charge is 2.23. The van der Waals surface area contributed by atoms with Gasteiger partial charge in [-0.1, -0.05) is 0 Å². The summed E-state index contributed by atoms with van der Waals surface area (Å²) >= 11 is 0. The van der Waals surface area contributed by atoms with Gasteiger partial charge < -0.3 is 24.6 Å². The Morgan fingerprint density at radius 3 is 1.93 bits per heavy atom. The molecular weight excluding hydrogens is 366 g/mol. The van der Waals surface area contributed by atoms with Gasteiger partial charge in [0.1, 0.15) is 20.2 Å². The van der Waals surface area contributed by atoms with Gasteiger partial charge in [0.05, 0.1) is 39.5 Å². The fourth-order valence-electron chi connectivity index (χ4n) is 2.52. The number of carbonyl (C=O) groups excluding carboxylic acids is 1. The number of hydrogen-bond donors (Lipinski definition) is 2. The number of hydrogen-bond acceptors (Lipinski definition) is 8. The van der Waals surface area contributed by atoms with Crippen LogP contribution >= 0.6 is 0 Å². The topological polar surface area (TPSA) is 148 Å². The molecule has 2 heterocycles. The summed E-state index contributed by atoms with van der Waals surface area (Å²) in [5.74, 6) is 0. The second-order valence-corrected chi connectivity index (χ2v) is 5.77. The lowest BCUT2D eigenvalue weighted by atomic mass is 10.6. The Labute approximate surface area is 153 Å². The molecule has 0 radical (unpaired) electrons. The van der Waals surface area contributed by atoms with Crippen LogP contribution in [0.25, 0.3) is 0 Å². The zero-order valence-corrected chi connectivity index (χ0v) is 14.9. The zero-order chi connectivity index (χ0) is 20.0. The van der Waals surface area contributed by atoms with Crippen molar-refractivity contribution >= 4 is 6.03 Å². The molecule has 0 atom stereocenters. The Bertz CT molecular complexity index is 784. The summed E-state index contributed by atoms with van der Waals surface area (Å²) in [6.45, 7) is -1.60. The van der Waals surface area contributed by atoms with Gasteiger partial charge in [-0.25, -0.2) is 32.9 Å². The highest BCUT2D eigenvalue weighted by atomic mass is 16.5. The van der Waals surface area contributed by atoms with Crippen molar-refractivity contribution in [3.8, 4) is 0 Å². The third-order valence-corrected chi connectivity index (χ3v) is 3.87. The quantitative estimate of drug-likeness (QED) is 0.412. The lowest BCUT2D eigenvalue weighted by Gasteiger charge is -2.32. The van der Waals surface area contributed by atoms with Crippen LogP contribution in [0.1, 0.15) is 0 Å². The number of nitrogens with zero attached hydrogens (tertiary/aromatic N) is 5. The SMILES string of the molecule is CN1COCN(COCCn2c(=O)n(CCO)c(=O)n(CCO)c2=O)C1=O. The molecule has 0 bridgehead atoms. The summed E-state index contributed by atoms with van der Waals surface area (Å²) in [7, 11) is 1.57. The molecule has 2 N–H and O–H groups in total. The third kappa shape index (κ3) is 4.63. The van der Waals surface area contributed by atoms with Gasteiger partial charge in [-0.15, -0.1) is 0 Å². The molecule has 0 saturated carbocycles. The van der Waals surface area contributed by atoms with Gasteiger partial charge in [-0.2, -0.15) is 0 Å². The van der Waals surface area contributed by atoms with Crippen LogP contribution in [0.3, 0.4) is 0 Å². The molecule has 2 rings (SSSR count). The molecule has 1 aliphatic heterocycles. The molecule has 1 aliphatic rings. The van der Waals surface area contributed by atoms with Crippen LogP contribution < -0.4 is 17.1 Å². The highest BCUT2D eigenvalue weighted by Crippen LogP contribution is 2.04. The van der Waals surface area contributed by atoms with Gasteiger partial charge in [-0.05, 0) is 0 Å². The molecule has 13 nitrogen and oxygen atoms in total. The average Bonchev–Trinajstić information content (AvgIpc) is 2.65. The van der Waals surface area contributed by atoms with Crippen LogP contribution in [0.2, 0.25) is 0 Å². The van der Waals surface area contributed by atoms with E-state index in [0.29, 0.717) is 9.13 Å². The average molecular weight is 389 g/mol. The van der Waals surface area contributed by atoms with Crippen molar-refractivity contribution < 1.29 is 24.5 Å². The standard InChI is InChI=1S/C14H23N5O8/c1-15-8-27-10-16(11(15)22)9-26-7-4-19-13(24)17(2-5-20)12(23)18(3-6-21)14(19)25/h20-21H,2-10H2,1H3. The van der Waals surface area contributed by atoms with Crippen molar-refractivity contribution in [1.82, 2.24) is 23.5 Å². The molecule has 0 aliphatic carbocycles. The number of aromatic nitrogens is 3. The minimum absolute atomic E-state index is 0.0633. The molecule has 1 fully saturated rings. The molecular formula is C14H23N5O8. The van der Waals surface area contributed by atoms with Crippen molar-refractivity contribution in [3.05, 3.63) is 31.5 Å². The third-order valence-electron chi connectivity index (χ3n) is 3.87. The normalized spacial score (nSPS) is 14.9. The van der Waals surface area contributed by atoms with Gasteiger partial charge in [0.25, 0.3) is 0 Å².